The van der Waals surface area contributed by atoms with Gasteiger partial charge in [-0.25, -0.2) is 0 Å². The van der Waals surface area contributed by atoms with Gasteiger partial charge in [0.15, 0.2) is 11.5 Å². The van der Waals surface area contributed by atoms with Crippen molar-refractivity contribution in [1.29, 1.82) is 0 Å². The van der Waals surface area contributed by atoms with E-state index in [4.69, 9.17) is 9.47 Å². The number of anilines is 1. The highest BCUT2D eigenvalue weighted by Gasteiger charge is 2.16. The zero-order chi connectivity index (χ0) is 12.5. The van der Waals surface area contributed by atoms with Crippen LogP contribution in [0.3, 0.4) is 0 Å². The maximum Gasteiger partial charge on any atom is 0.231 e. The van der Waals surface area contributed by atoms with Crippen LogP contribution in [0.15, 0.2) is 24.3 Å². The first-order valence-corrected chi connectivity index (χ1v) is 5.86. The molecule has 5 heteroatoms. The summed E-state index contributed by atoms with van der Waals surface area (Å²) in [6.45, 7) is 2.99. The minimum atomic E-state index is 0.301. The van der Waals surface area contributed by atoms with E-state index in [2.05, 4.69) is 10.4 Å². The van der Waals surface area contributed by atoms with E-state index in [0.29, 0.717) is 13.3 Å². The summed E-state index contributed by atoms with van der Waals surface area (Å²) >= 11 is 0. The Labute approximate surface area is 105 Å². The number of fused-ring (bicyclic) bond motifs is 1. The summed E-state index contributed by atoms with van der Waals surface area (Å²) < 4.78 is 12.6. The van der Waals surface area contributed by atoms with Crippen LogP contribution in [0, 0.1) is 6.92 Å². The van der Waals surface area contributed by atoms with Gasteiger partial charge in [0.1, 0.15) is 5.82 Å². The average molecular weight is 245 g/mol. The van der Waals surface area contributed by atoms with Crippen LogP contribution in [0.1, 0.15) is 11.3 Å². The molecule has 1 N–H and O–H groups in total. The van der Waals surface area contributed by atoms with E-state index in [1.807, 2.05) is 42.9 Å². The Balaban J connectivity index is 1.76. The molecular formula is C13H15N3O2. The molecule has 1 aromatic heterocycles. The van der Waals surface area contributed by atoms with Crippen LogP contribution in [0.25, 0.3) is 0 Å². The van der Waals surface area contributed by atoms with Crippen LogP contribution in [0.4, 0.5) is 5.82 Å². The summed E-state index contributed by atoms with van der Waals surface area (Å²) in [5.74, 6) is 2.51. The molecule has 2 heterocycles. The molecule has 0 aliphatic carbocycles. The molecule has 0 atom stereocenters. The summed E-state index contributed by atoms with van der Waals surface area (Å²) in [5.41, 5.74) is 2.20. The van der Waals surface area contributed by atoms with Crippen molar-refractivity contribution in [3.8, 4) is 11.5 Å². The first-order chi connectivity index (χ1) is 8.74. The van der Waals surface area contributed by atoms with Crippen LogP contribution < -0.4 is 14.8 Å². The molecule has 0 fully saturated rings. The molecule has 2 aromatic rings. The van der Waals surface area contributed by atoms with E-state index in [9.17, 15) is 0 Å². The lowest BCUT2D eigenvalue weighted by Crippen LogP contribution is -2.02. The van der Waals surface area contributed by atoms with Crippen molar-refractivity contribution >= 4 is 5.82 Å². The molecule has 1 aliphatic rings. The molecule has 94 valence electrons. The second-order valence-electron chi connectivity index (χ2n) is 4.30. The predicted molar refractivity (Wildman–Crippen MR) is 67.8 cm³/mol. The molecule has 0 unspecified atom stereocenters. The predicted octanol–water partition coefficient (Wildman–Crippen LogP) is 2.07. The van der Waals surface area contributed by atoms with E-state index in [1.165, 1.54) is 0 Å². The summed E-state index contributed by atoms with van der Waals surface area (Å²) in [7, 11) is 1.93. The quantitative estimate of drug-likeness (QED) is 0.899. The van der Waals surface area contributed by atoms with Crippen LogP contribution >= 0.6 is 0 Å². The van der Waals surface area contributed by atoms with Crippen LogP contribution in [0.5, 0.6) is 11.5 Å². The number of nitrogens with zero attached hydrogens (tertiary/aromatic N) is 2. The van der Waals surface area contributed by atoms with Gasteiger partial charge in [0.05, 0.1) is 0 Å². The maximum atomic E-state index is 5.46. The molecule has 1 aromatic carbocycles. The van der Waals surface area contributed by atoms with E-state index < -0.39 is 0 Å². The third-order valence-electron chi connectivity index (χ3n) is 3.05. The Kier molecular flexibility index (Phi) is 2.59. The first-order valence-electron chi connectivity index (χ1n) is 5.86. The standard InChI is InChI=1S/C13H15N3O2/c1-9-6-12(15-16(9)2)14-7-10-4-3-5-11-13(10)18-8-17-11/h3-6H,7-8H2,1-2H3,(H,14,15). The van der Waals surface area contributed by atoms with Gasteiger partial charge in [0, 0.05) is 30.9 Å². The van der Waals surface area contributed by atoms with Gasteiger partial charge in [-0.15, -0.1) is 0 Å². The van der Waals surface area contributed by atoms with Gasteiger partial charge in [-0.2, -0.15) is 5.10 Å². The smallest absolute Gasteiger partial charge is 0.231 e. The highest BCUT2D eigenvalue weighted by molar-refractivity contribution is 5.49. The van der Waals surface area contributed by atoms with Crippen molar-refractivity contribution in [2.24, 2.45) is 7.05 Å². The Morgan fingerprint density at radius 2 is 2.28 bits per heavy atom. The number of aromatic nitrogens is 2. The Hall–Kier alpha value is -2.17. The highest BCUT2D eigenvalue weighted by atomic mass is 16.7. The number of rotatable bonds is 3. The zero-order valence-corrected chi connectivity index (χ0v) is 10.4. The Morgan fingerprint density at radius 1 is 1.39 bits per heavy atom. The normalized spacial score (nSPS) is 12.8. The zero-order valence-electron chi connectivity index (χ0n) is 10.4. The molecule has 0 amide bonds. The average Bonchev–Trinajstić information content (AvgIpc) is 2.94. The number of para-hydroxylation sites is 1. The van der Waals surface area contributed by atoms with E-state index in [1.54, 1.807) is 0 Å². The van der Waals surface area contributed by atoms with E-state index >= 15 is 0 Å². The van der Waals surface area contributed by atoms with Gasteiger partial charge in [0.25, 0.3) is 0 Å². The Morgan fingerprint density at radius 3 is 3.06 bits per heavy atom. The minimum Gasteiger partial charge on any atom is -0.454 e. The largest absolute Gasteiger partial charge is 0.454 e. The molecule has 0 radical (unpaired) electrons. The SMILES string of the molecule is Cc1cc(NCc2cccc3c2OCO3)nn1C. The number of aryl methyl sites for hydroxylation is 2. The van der Waals surface area contributed by atoms with Crippen molar-refractivity contribution < 1.29 is 9.47 Å². The van der Waals surface area contributed by atoms with E-state index in [-0.39, 0.29) is 0 Å². The van der Waals surface area contributed by atoms with Crippen molar-refractivity contribution in [2.45, 2.75) is 13.5 Å². The third kappa shape index (κ3) is 1.88. The second-order valence-corrected chi connectivity index (χ2v) is 4.30. The fourth-order valence-electron chi connectivity index (χ4n) is 1.96. The molecule has 0 saturated carbocycles. The summed E-state index contributed by atoms with van der Waals surface area (Å²) in [6.07, 6.45) is 0. The van der Waals surface area contributed by atoms with Crippen molar-refractivity contribution in [3.63, 3.8) is 0 Å². The Bertz CT molecular complexity index is 558. The lowest BCUT2D eigenvalue weighted by atomic mass is 10.2. The van der Waals surface area contributed by atoms with Gasteiger partial charge in [-0.3, -0.25) is 4.68 Å². The summed E-state index contributed by atoms with van der Waals surface area (Å²) in [4.78, 5) is 0. The van der Waals surface area contributed by atoms with E-state index in [0.717, 1.165) is 28.6 Å². The highest BCUT2D eigenvalue weighted by Crippen LogP contribution is 2.35. The molecule has 18 heavy (non-hydrogen) atoms. The fraction of sp³-hybridized carbons (Fsp3) is 0.308. The van der Waals surface area contributed by atoms with Gasteiger partial charge < -0.3 is 14.8 Å². The van der Waals surface area contributed by atoms with Gasteiger partial charge >= 0.3 is 0 Å². The number of hydrogen-bond donors (Lipinski definition) is 1. The lowest BCUT2D eigenvalue weighted by molar-refractivity contribution is 0.173. The van der Waals surface area contributed by atoms with Crippen molar-refractivity contribution in [2.75, 3.05) is 12.1 Å². The second kappa shape index (κ2) is 4.25. The molecule has 3 rings (SSSR count). The summed E-state index contributed by atoms with van der Waals surface area (Å²) in [6, 6.07) is 7.92. The molecule has 1 aliphatic heterocycles. The number of benzene rings is 1. The number of ether oxygens (including phenoxy) is 2. The van der Waals surface area contributed by atoms with Gasteiger partial charge in [-0.05, 0) is 13.0 Å². The van der Waals surface area contributed by atoms with Gasteiger partial charge in [0.2, 0.25) is 6.79 Å². The summed E-state index contributed by atoms with van der Waals surface area (Å²) in [5, 5.41) is 7.64. The first kappa shape index (κ1) is 11.0. The van der Waals surface area contributed by atoms with Crippen molar-refractivity contribution in [3.05, 3.63) is 35.5 Å². The van der Waals surface area contributed by atoms with Crippen LogP contribution in [-0.2, 0) is 13.6 Å². The minimum absolute atomic E-state index is 0.301. The molecular weight excluding hydrogens is 230 g/mol. The molecule has 5 nitrogen and oxygen atoms in total. The lowest BCUT2D eigenvalue weighted by Gasteiger charge is -2.06. The molecule has 0 spiro atoms. The van der Waals surface area contributed by atoms with Gasteiger partial charge in [-0.1, -0.05) is 12.1 Å². The van der Waals surface area contributed by atoms with Crippen LogP contribution in [0.2, 0.25) is 0 Å². The fourth-order valence-corrected chi connectivity index (χ4v) is 1.96. The van der Waals surface area contributed by atoms with Crippen molar-refractivity contribution in [1.82, 2.24) is 9.78 Å². The topological polar surface area (TPSA) is 48.3 Å². The maximum absolute atomic E-state index is 5.46. The molecule has 0 saturated heterocycles. The third-order valence-corrected chi connectivity index (χ3v) is 3.05. The number of hydrogen-bond acceptors (Lipinski definition) is 4. The molecule has 0 bridgehead atoms. The monoisotopic (exact) mass is 245 g/mol. The number of nitrogens with one attached hydrogen (secondary N) is 1. The van der Waals surface area contributed by atoms with Crippen LogP contribution in [-0.4, -0.2) is 16.6 Å².